The number of halogens is 1. The maximum Gasteiger partial charge on any atom is 0.251 e. The van der Waals surface area contributed by atoms with Gasteiger partial charge in [-0.25, -0.2) is 0 Å². The van der Waals surface area contributed by atoms with Crippen LogP contribution in [0.25, 0.3) is 10.9 Å². The van der Waals surface area contributed by atoms with Gasteiger partial charge in [-0.1, -0.05) is 25.1 Å². The Morgan fingerprint density at radius 3 is 2.67 bits per heavy atom. The average Bonchev–Trinajstić information content (AvgIpc) is 2.77. The largest absolute Gasteiger partial charge is 0.302 e. The van der Waals surface area contributed by atoms with E-state index < -0.39 is 0 Å². The van der Waals surface area contributed by atoms with Gasteiger partial charge in [-0.15, -0.1) is 0 Å². The molecule has 2 aromatic heterocycles. The molecule has 3 aromatic rings. The summed E-state index contributed by atoms with van der Waals surface area (Å²) in [6.07, 6.45) is 0.860. The number of hydrogen-bond donors (Lipinski definition) is 0. The SMILES string of the molecule is CCc1nn(C)c(Cn2c(=O)ccc3ccccc32)c1Br. The Labute approximate surface area is 131 Å². The summed E-state index contributed by atoms with van der Waals surface area (Å²) in [4.78, 5) is 12.3. The summed E-state index contributed by atoms with van der Waals surface area (Å²) in [5.41, 5.74) is 2.96. The van der Waals surface area contributed by atoms with Crippen molar-refractivity contribution in [1.29, 1.82) is 0 Å². The molecule has 3 rings (SSSR count). The molecule has 0 saturated carbocycles. The third-order valence-corrected chi connectivity index (χ3v) is 4.63. The van der Waals surface area contributed by atoms with Gasteiger partial charge in [0.1, 0.15) is 0 Å². The fraction of sp³-hybridized carbons (Fsp3) is 0.250. The van der Waals surface area contributed by atoms with E-state index in [1.165, 1.54) is 0 Å². The van der Waals surface area contributed by atoms with E-state index in [1.54, 1.807) is 10.6 Å². The zero-order valence-corrected chi connectivity index (χ0v) is 13.6. The molecule has 0 aliphatic heterocycles. The highest BCUT2D eigenvalue weighted by atomic mass is 79.9. The smallest absolute Gasteiger partial charge is 0.251 e. The molecule has 0 atom stereocenters. The monoisotopic (exact) mass is 345 g/mol. The Morgan fingerprint density at radius 1 is 1.19 bits per heavy atom. The fourth-order valence-corrected chi connectivity index (χ4v) is 3.29. The van der Waals surface area contributed by atoms with Crippen LogP contribution in [0, 0.1) is 0 Å². The highest BCUT2D eigenvalue weighted by molar-refractivity contribution is 9.10. The van der Waals surface area contributed by atoms with Crippen molar-refractivity contribution >= 4 is 26.8 Å². The van der Waals surface area contributed by atoms with Gasteiger partial charge in [0.2, 0.25) is 0 Å². The third kappa shape index (κ3) is 2.42. The van der Waals surface area contributed by atoms with Crippen molar-refractivity contribution in [2.75, 3.05) is 0 Å². The van der Waals surface area contributed by atoms with Gasteiger partial charge in [-0.05, 0) is 39.9 Å². The summed E-state index contributed by atoms with van der Waals surface area (Å²) in [6, 6.07) is 11.4. The summed E-state index contributed by atoms with van der Waals surface area (Å²) in [5.74, 6) is 0. The van der Waals surface area contributed by atoms with E-state index in [1.807, 2.05) is 42.1 Å². The number of hydrogen-bond acceptors (Lipinski definition) is 2. The van der Waals surface area contributed by atoms with Crippen molar-refractivity contribution in [3.05, 3.63) is 62.6 Å². The molecule has 0 amide bonds. The van der Waals surface area contributed by atoms with Crippen LogP contribution in [0.3, 0.4) is 0 Å². The molecule has 1 aromatic carbocycles. The number of aromatic nitrogens is 3. The van der Waals surface area contributed by atoms with E-state index in [0.29, 0.717) is 6.54 Å². The number of aryl methyl sites for hydroxylation is 2. The molecule has 0 aliphatic carbocycles. The second-order valence-corrected chi connectivity index (χ2v) is 5.79. The molecule has 2 heterocycles. The Balaban J connectivity index is 2.17. The second-order valence-electron chi connectivity index (χ2n) is 5.00. The van der Waals surface area contributed by atoms with Crippen LogP contribution < -0.4 is 5.56 Å². The lowest BCUT2D eigenvalue weighted by Gasteiger charge is -2.10. The molecule has 0 radical (unpaired) electrons. The lowest BCUT2D eigenvalue weighted by Crippen LogP contribution is -2.21. The summed E-state index contributed by atoms with van der Waals surface area (Å²) < 4.78 is 4.63. The van der Waals surface area contributed by atoms with Crippen molar-refractivity contribution in [3.8, 4) is 0 Å². The maximum atomic E-state index is 12.3. The van der Waals surface area contributed by atoms with Gasteiger partial charge in [0.05, 0.1) is 27.9 Å². The van der Waals surface area contributed by atoms with Crippen molar-refractivity contribution in [3.63, 3.8) is 0 Å². The van der Waals surface area contributed by atoms with E-state index in [0.717, 1.165) is 33.2 Å². The molecule has 4 nitrogen and oxygen atoms in total. The molecule has 108 valence electrons. The predicted octanol–water partition coefficient (Wildman–Crippen LogP) is 3.11. The fourth-order valence-electron chi connectivity index (χ4n) is 2.55. The first kappa shape index (κ1) is 14.1. The minimum absolute atomic E-state index is 0.000140. The first-order chi connectivity index (χ1) is 10.1. The molecule has 0 saturated heterocycles. The quantitative estimate of drug-likeness (QED) is 0.731. The van der Waals surface area contributed by atoms with E-state index in [2.05, 4.69) is 28.0 Å². The zero-order valence-electron chi connectivity index (χ0n) is 12.0. The van der Waals surface area contributed by atoms with Gasteiger partial charge in [0, 0.05) is 13.1 Å². The Kier molecular flexibility index (Phi) is 3.68. The second kappa shape index (κ2) is 5.48. The van der Waals surface area contributed by atoms with Crippen molar-refractivity contribution in [2.24, 2.45) is 7.05 Å². The van der Waals surface area contributed by atoms with Crippen molar-refractivity contribution < 1.29 is 0 Å². The van der Waals surface area contributed by atoms with Crippen LogP contribution in [0.15, 0.2) is 45.7 Å². The Bertz CT molecular complexity index is 864. The molecular weight excluding hydrogens is 330 g/mol. The number of benzene rings is 1. The van der Waals surface area contributed by atoms with Gasteiger partial charge in [-0.3, -0.25) is 9.48 Å². The predicted molar refractivity (Wildman–Crippen MR) is 87.6 cm³/mol. The first-order valence-electron chi connectivity index (χ1n) is 6.90. The van der Waals surface area contributed by atoms with Crippen LogP contribution in [0.4, 0.5) is 0 Å². The van der Waals surface area contributed by atoms with Crippen LogP contribution in [0.1, 0.15) is 18.3 Å². The van der Waals surface area contributed by atoms with Gasteiger partial charge in [0.25, 0.3) is 5.56 Å². The van der Waals surface area contributed by atoms with Crippen LogP contribution in [-0.4, -0.2) is 14.3 Å². The average molecular weight is 346 g/mol. The highest BCUT2D eigenvalue weighted by Crippen LogP contribution is 2.23. The summed E-state index contributed by atoms with van der Waals surface area (Å²) in [7, 11) is 1.91. The Morgan fingerprint density at radius 2 is 1.95 bits per heavy atom. The standard InChI is InChI=1S/C16H16BrN3O/c1-3-12-16(17)14(19(2)18-12)10-20-13-7-5-4-6-11(13)8-9-15(20)21/h4-9H,3,10H2,1-2H3. The minimum Gasteiger partial charge on any atom is -0.302 e. The summed E-state index contributed by atoms with van der Waals surface area (Å²) in [6.45, 7) is 2.57. The van der Waals surface area contributed by atoms with Crippen LogP contribution in [-0.2, 0) is 20.0 Å². The maximum absolute atomic E-state index is 12.3. The minimum atomic E-state index is -0.000140. The van der Waals surface area contributed by atoms with E-state index >= 15 is 0 Å². The molecule has 5 heteroatoms. The van der Waals surface area contributed by atoms with Crippen molar-refractivity contribution in [1.82, 2.24) is 14.3 Å². The zero-order chi connectivity index (χ0) is 15.0. The van der Waals surface area contributed by atoms with Crippen molar-refractivity contribution in [2.45, 2.75) is 19.9 Å². The summed E-state index contributed by atoms with van der Waals surface area (Å²) >= 11 is 3.61. The molecule has 0 fully saturated rings. The molecule has 0 spiro atoms. The number of rotatable bonds is 3. The molecule has 0 bridgehead atoms. The van der Waals surface area contributed by atoms with Crippen LogP contribution >= 0.6 is 15.9 Å². The molecule has 0 N–H and O–H groups in total. The third-order valence-electron chi connectivity index (χ3n) is 3.71. The number of para-hydroxylation sites is 1. The summed E-state index contributed by atoms with van der Waals surface area (Å²) in [5, 5.41) is 5.55. The van der Waals surface area contributed by atoms with E-state index in [-0.39, 0.29) is 5.56 Å². The van der Waals surface area contributed by atoms with Crippen LogP contribution in [0.5, 0.6) is 0 Å². The number of pyridine rings is 1. The van der Waals surface area contributed by atoms with Gasteiger partial charge < -0.3 is 4.57 Å². The lowest BCUT2D eigenvalue weighted by molar-refractivity contribution is 0.659. The normalized spacial score (nSPS) is 11.2. The number of fused-ring (bicyclic) bond motifs is 1. The molecular formula is C16H16BrN3O. The van der Waals surface area contributed by atoms with E-state index in [9.17, 15) is 4.79 Å². The van der Waals surface area contributed by atoms with Crippen LogP contribution in [0.2, 0.25) is 0 Å². The molecule has 21 heavy (non-hydrogen) atoms. The van der Waals surface area contributed by atoms with Gasteiger partial charge in [-0.2, -0.15) is 5.10 Å². The molecule has 0 aliphatic rings. The first-order valence-corrected chi connectivity index (χ1v) is 7.70. The lowest BCUT2D eigenvalue weighted by atomic mass is 10.2. The highest BCUT2D eigenvalue weighted by Gasteiger charge is 2.14. The van der Waals surface area contributed by atoms with E-state index in [4.69, 9.17) is 0 Å². The van der Waals surface area contributed by atoms with Gasteiger partial charge in [0.15, 0.2) is 0 Å². The Hall–Kier alpha value is -1.88. The molecule has 0 unspecified atom stereocenters. The topological polar surface area (TPSA) is 39.8 Å². The number of nitrogens with zero attached hydrogens (tertiary/aromatic N) is 3. The van der Waals surface area contributed by atoms with Gasteiger partial charge >= 0.3 is 0 Å².